The van der Waals surface area contributed by atoms with Crippen molar-refractivity contribution in [1.29, 1.82) is 0 Å². The number of para-hydroxylation sites is 1. The number of ether oxygens (including phenoxy) is 1. The number of nitrogens with zero attached hydrogens (tertiary/aromatic N) is 2. The van der Waals surface area contributed by atoms with Crippen LogP contribution in [-0.2, 0) is 9.59 Å². The molecule has 2 amide bonds. The standard InChI is InChI=1S/C27H43N3O3/c1-19(2)17-24-26(31)30(16-13-28-24)25(18-20(3)4)27(32)29-14-11-22(12-15-29)21(5)33-23-9-7-6-8-10-23/h6-10,19-22,24-25,28H,11-18H2,1-5H3/t21?,24-,25-/m0/s1. The van der Waals surface area contributed by atoms with Crippen LogP contribution in [0.2, 0.25) is 0 Å². The van der Waals surface area contributed by atoms with E-state index in [-0.39, 0.29) is 30.0 Å². The average Bonchev–Trinajstić information content (AvgIpc) is 2.79. The Balaban J connectivity index is 1.61. The van der Waals surface area contributed by atoms with E-state index in [4.69, 9.17) is 4.74 Å². The molecule has 6 nitrogen and oxygen atoms in total. The van der Waals surface area contributed by atoms with Crippen LogP contribution < -0.4 is 10.1 Å². The fourth-order valence-electron chi connectivity index (χ4n) is 5.14. The van der Waals surface area contributed by atoms with Crippen molar-refractivity contribution in [3.8, 4) is 5.75 Å². The molecule has 2 fully saturated rings. The molecule has 2 aliphatic heterocycles. The van der Waals surface area contributed by atoms with Crippen LogP contribution in [0.1, 0.15) is 60.3 Å². The highest BCUT2D eigenvalue weighted by Gasteiger charge is 2.39. The van der Waals surface area contributed by atoms with E-state index in [1.165, 1.54) is 0 Å². The minimum atomic E-state index is -0.358. The minimum Gasteiger partial charge on any atom is -0.490 e. The van der Waals surface area contributed by atoms with Crippen LogP contribution in [-0.4, -0.2) is 66.0 Å². The number of benzene rings is 1. The van der Waals surface area contributed by atoms with Crippen molar-refractivity contribution in [3.63, 3.8) is 0 Å². The van der Waals surface area contributed by atoms with E-state index in [9.17, 15) is 9.59 Å². The smallest absolute Gasteiger partial charge is 0.245 e. The van der Waals surface area contributed by atoms with Crippen LogP contribution in [0.4, 0.5) is 0 Å². The van der Waals surface area contributed by atoms with Crippen molar-refractivity contribution >= 4 is 11.8 Å². The van der Waals surface area contributed by atoms with E-state index >= 15 is 0 Å². The fourth-order valence-corrected chi connectivity index (χ4v) is 5.14. The molecule has 3 atom stereocenters. The molecule has 0 aromatic heterocycles. The second-order valence-electron chi connectivity index (χ2n) is 10.6. The van der Waals surface area contributed by atoms with E-state index in [1.54, 1.807) is 0 Å². The highest BCUT2D eigenvalue weighted by atomic mass is 16.5. The van der Waals surface area contributed by atoms with Gasteiger partial charge in [-0.3, -0.25) is 9.59 Å². The molecule has 1 aromatic carbocycles. The molecule has 3 rings (SSSR count). The molecule has 2 aliphatic rings. The van der Waals surface area contributed by atoms with E-state index in [0.29, 0.717) is 30.7 Å². The summed E-state index contributed by atoms with van der Waals surface area (Å²) in [7, 11) is 0. The summed E-state index contributed by atoms with van der Waals surface area (Å²) in [5.41, 5.74) is 0. The maximum Gasteiger partial charge on any atom is 0.245 e. The average molecular weight is 458 g/mol. The van der Waals surface area contributed by atoms with Gasteiger partial charge in [0, 0.05) is 26.2 Å². The molecule has 0 spiro atoms. The summed E-state index contributed by atoms with van der Waals surface area (Å²) in [6, 6.07) is 9.41. The molecule has 0 bridgehead atoms. The SMILES string of the molecule is CC(C)C[C@@H]1NCCN([C@@H](CC(C)C)C(=O)N2CCC(C(C)Oc3ccccc3)CC2)C1=O. The molecule has 0 radical (unpaired) electrons. The second kappa shape index (κ2) is 11.9. The Kier molecular flexibility index (Phi) is 9.19. The minimum absolute atomic E-state index is 0.0914. The number of piperazine rings is 1. The summed E-state index contributed by atoms with van der Waals surface area (Å²) in [4.78, 5) is 30.8. The number of hydrogen-bond donors (Lipinski definition) is 1. The monoisotopic (exact) mass is 457 g/mol. The third-order valence-electron chi connectivity index (χ3n) is 6.97. The van der Waals surface area contributed by atoms with Gasteiger partial charge in [-0.1, -0.05) is 45.9 Å². The predicted octanol–water partition coefficient (Wildman–Crippen LogP) is 3.95. The first-order valence-electron chi connectivity index (χ1n) is 12.8. The molecule has 2 heterocycles. The van der Waals surface area contributed by atoms with Crippen molar-refractivity contribution in [3.05, 3.63) is 30.3 Å². The van der Waals surface area contributed by atoms with Gasteiger partial charge in [-0.05, 0) is 62.5 Å². The van der Waals surface area contributed by atoms with Crippen molar-refractivity contribution in [2.75, 3.05) is 26.2 Å². The molecular weight excluding hydrogens is 414 g/mol. The van der Waals surface area contributed by atoms with Crippen molar-refractivity contribution in [2.45, 2.75) is 78.5 Å². The van der Waals surface area contributed by atoms with Gasteiger partial charge in [-0.2, -0.15) is 0 Å². The summed E-state index contributed by atoms with van der Waals surface area (Å²) >= 11 is 0. The number of amides is 2. The zero-order chi connectivity index (χ0) is 24.0. The molecule has 33 heavy (non-hydrogen) atoms. The third kappa shape index (κ3) is 6.95. The molecule has 2 saturated heterocycles. The maximum absolute atomic E-state index is 13.7. The topological polar surface area (TPSA) is 61.9 Å². The lowest BCUT2D eigenvalue weighted by molar-refractivity contribution is -0.150. The Hall–Kier alpha value is -2.08. The zero-order valence-corrected chi connectivity index (χ0v) is 21.1. The first kappa shape index (κ1) is 25.5. The molecule has 1 unspecified atom stereocenters. The number of likely N-dealkylation sites (tertiary alicyclic amines) is 1. The first-order valence-corrected chi connectivity index (χ1v) is 12.8. The lowest BCUT2D eigenvalue weighted by Crippen LogP contribution is -2.62. The highest BCUT2D eigenvalue weighted by Crippen LogP contribution is 2.27. The number of carbonyl (C=O) groups excluding carboxylic acids is 2. The first-order chi connectivity index (χ1) is 15.8. The van der Waals surface area contributed by atoms with Gasteiger partial charge in [-0.25, -0.2) is 0 Å². The van der Waals surface area contributed by atoms with Crippen LogP contribution in [0.5, 0.6) is 5.75 Å². The number of hydrogen-bond acceptors (Lipinski definition) is 4. The van der Waals surface area contributed by atoms with Crippen molar-refractivity contribution in [2.24, 2.45) is 17.8 Å². The summed E-state index contributed by atoms with van der Waals surface area (Å²) in [6.45, 7) is 13.5. The van der Waals surface area contributed by atoms with Crippen molar-refractivity contribution < 1.29 is 14.3 Å². The molecule has 184 valence electrons. The van der Waals surface area contributed by atoms with Gasteiger partial charge in [0.05, 0.1) is 12.1 Å². The molecule has 0 aliphatic carbocycles. The quantitative estimate of drug-likeness (QED) is 0.610. The normalized spacial score (nSPS) is 22.0. The molecule has 0 saturated carbocycles. The highest BCUT2D eigenvalue weighted by molar-refractivity contribution is 5.90. The van der Waals surface area contributed by atoms with E-state index < -0.39 is 0 Å². The van der Waals surface area contributed by atoms with Gasteiger partial charge in [0.25, 0.3) is 0 Å². The second-order valence-corrected chi connectivity index (χ2v) is 10.6. The van der Waals surface area contributed by atoms with Crippen LogP contribution in [0.15, 0.2) is 30.3 Å². The summed E-state index contributed by atoms with van der Waals surface area (Å²) in [5.74, 6) is 2.32. The van der Waals surface area contributed by atoms with Crippen molar-refractivity contribution in [1.82, 2.24) is 15.1 Å². The lowest BCUT2D eigenvalue weighted by atomic mass is 9.90. The van der Waals surface area contributed by atoms with E-state index in [0.717, 1.165) is 44.6 Å². The van der Waals surface area contributed by atoms with Gasteiger partial charge in [0.15, 0.2) is 0 Å². The van der Waals surface area contributed by atoms with Crippen LogP contribution >= 0.6 is 0 Å². The summed E-state index contributed by atoms with van der Waals surface area (Å²) in [6.07, 6.45) is 3.50. The Bertz CT molecular complexity index is 759. The van der Waals surface area contributed by atoms with Gasteiger partial charge < -0.3 is 19.9 Å². The Morgan fingerprint density at radius 2 is 1.70 bits per heavy atom. The van der Waals surface area contributed by atoms with Gasteiger partial charge in [-0.15, -0.1) is 0 Å². The number of nitrogens with one attached hydrogen (secondary N) is 1. The Morgan fingerprint density at radius 1 is 1.03 bits per heavy atom. The molecule has 1 aromatic rings. The molecular formula is C27H43N3O3. The summed E-state index contributed by atoms with van der Waals surface area (Å²) in [5, 5.41) is 3.37. The van der Waals surface area contributed by atoms with Crippen LogP contribution in [0.25, 0.3) is 0 Å². The summed E-state index contributed by atoms with van der Waals surface area (Å²) < 4.78 is 6.14. The van der Waals surface area contributed by atoms with Gasteiger partial charge in [0.2, 0.25) is 11.8 Å². The lowest BCUT2D eigenvalue weighted by Gasteiger charge is -2.42. The Labute approximate surface area is 200 Å². The maximum atomic E-state index is 13.7. The van der Waals surface area contributed by atoms with Gasteiger partial charge in [0.1, 0.15) is 11.8 Å². The largest absolute Gasteiger partial charge is 0.490 e. The number of carbonyl (C=O) groups is 2. The van der Waals surface area contributed by atoms with E-state index in [2.05, 4.69) is 39.9 Å². The number of rotatable bonds is 9. The Morgan fingerprint density at radius 3 is 2.30 bits per heavy atom. The fraction of sp³-hybridized carbons (Fsp3) is 0.704. The third-order valence-corrected chi connectivity index (χ3v) is 6.97. The zero-order valence-electron chi connectivity index (χ0n) is 21.1. The number of piperidine rings is 1. The van der Waals surface area contributed by atoms with Crippen LogP contribution in [0.3, 0.4) is 0 Å². The van der Waals surface area contributed by atoms with E-state index in [1.807, 2.05) is 40.1 Å². The predicted molar refractivity (Wildman–Crippen MR) is 132 cm³/mol. The van der Waals surface area contributed by atoms with Gasteiger partial charge >= 0.3 is 0 Å². The molecule has 1 N–H and O–H groups in total. The molecule has 6 heteroatoms. The van der Waals surface area contributed by atoms with Crippen LogP contribution in [0, 0.1) is 17.8 Å².